The molecule has 0 aliphatic rings. The Morgan fingerprint density at radius 2 is 1.86 bits per heavy atom. The largest absolute Gasteiger partial charge is 0.496 e. The summed E-state index contributed by atoms with van der Waals surface area (Å²) in [6, 6.07) is 12.5. The predicted octanol–water partition coefficient (Wildman–Crippen LogP) is 3.34. The van der Waals surface area contributed by atoms with Crippen LogP contribution in [0.25, 0.3) is 0 Å². The highest BCUT2D eigenvalue weighted by atomic mass is 32.2. The average molecular weight is 405 g/mol. The Kier molecular flexibility index (Phi) is 8.32. The third-order valence-corrected chi connectivity index (χ3v) is 4.95. The number of rotatable bonds is 9. The van der Waals surface area contributed by atoms with Gasteiger partial charge < -0.3 is 15.0 Å². The monoisotopic (exact) mass is 404 g/mol. The molecule has 2 rings (SSSR count). The molecule has 0 aliphatic heterocycles. The van der Waals surface area contributed by atoms with Gasteiger partial charge in [-0.2, -0.15) is 11.8 Å². The first kappa shape index (κ1) is 21.8. The Bertz CT molecular complexity index is 816. The SMILES string of the molecule is COc1ccccc1C(=O)NC(CCSC)C(=O)N(C)Cc1ccccc1F. The number of amides is 2. The Labute approximate surface area is 169 Å². The van der Waals surface area contributed by atoms with Gasteiger partial charge in [-0.05, 0) is 36.6 Å². The van der Waals surface area contributed by atoms with Gasteiger partial charge in [0.15, 0.2) is 0 Å². The summed E-state index contributed by atoms with van der Waals surface area (Å²) < 4.78 is 19.1. The fourth-order valence-electron chi connectivity index (χ4n) is 2.79. The van der Waals surface area contributed by atoms with Crippen LogP contribution in [-0.2, 0) is 11.3 Å². The molecule has 1 unspecified atom stereocenters. The van der Waals surface area contributed by atoms with Crippen LogP contribution in [0.15, 0.2) is 48.5 Å². The molecule has 0 saturated heterocycles. The summed E-state index contributed by atoms with van der Waals surface area (Å²) in [4.78, 5) is 27.1. The molecule has 0 heterocycles. The van der Waals surface area contributed by atoms with Crippen LogP contribution in [0.4, 0.5) is 4.39 Å². The molecule has 1 N–H and O–H groups in total. The summed E-state index contributed by atoms with van der Waals surface area (Å²) in [6.07, 6.45) is 2.41. The van der Waals surface area contributed by atoms with E-state index in [9.17, 15) is 14.0 Å². The number of thioether (sulfide) groups is 1. The first-order chi connectivity index (χ1) is 13.5. The summed E-state index contributed by atoms with van der Waals surface area (Å²) in [6.45, 7) is 0.131. The highest BCUT2D eigenvalue weighted by Crippen LogP contribution is 2.18. The molecule has 0 spiro atoms. The molecule has 7 heteroatoms. The molecule has 0 aliphatic carbocycles. The lowest BCUT2D eigenvalue weighted by Crippen LogP contribution is -2.47. The lowest BCUT2D eigenvalue weighted by molar-refractivity contribution is -0.132. The van der Waals surface area contributed by atoms with Gasteiger partial charge in [0.05, 0.1) is 12.7 Å². The van der Waals surface area contributed by atoms with E-state index in [0.29, 0.717) is 29.1 Å². The van der Waals surface area contributed by atoms with E-state index in [2.05, 4.69) is 5.32 Å². The van der Waals surface area contributed by atoms with Crippen LogP contribution < -0.4 is 10.1 Å². The summed E-state index contributed by atoms with van der Waals surface area (Å²) in [5.74, 6) is 0.143. The van der Waals surface area contributed by atoms with E-state index in [0.717, 1.165) is 0 Å². The molecule has 28 heavy (non-hydrogen) atoms. The number of nitrogens with zero attached hydrogens (tertiary/aromatic N) is 1. The van der Waals surface area contributed by atoms with E-state index >= 15 is 0 Å². The van der Waals surface area contributed by atoms with E-state index in [-0.39, 0.29) is 24.2 Å². The summed E-state index contributed by atoms with van der Waals surface area (Å²) in [5, 5.41) is 2.81. The standard InChI is InChI=1S/C21H25FN2O3S/c1-24(14-15-8-4-6-10-17(15)22)21(26)18(12-13-28-3)23-20(25)16-9-5-7-11-19(16)27-2/h4-11,18H,12-14H2,1-3H3,(H,23,25). The molecule has 0 saturated carbocycles. The van der Waals surface area contributed by atoms with Crippen molar-refractivity contribution in [2.45, 2.75) is 19.0 Å². The zero-order valence-electron chi connectivity index (χ0n) is 16.3. The summed E-state index contributed by atoms with van der Waals surface area (Å²) in [5.41, 5.74) is 0.793. The molecule has 2 aromatic carbocycles. The minimum Gasteiger partial charge on any atom is -0.496 e. The van der Waals surface area contributed by atoms with Crippen molar-refractivity contribution in [2.24, 2.45) is 0 Å². The number of para-hydroxylation sites is 1. The van der Waals surface area contributed by atoms with Gasteiger partial charge >= 0.3 is 0 Å². The number of benzene rings is 2. The molecule has 1 atom stereocenters. The number of likely N-dealkylation sites (N-methyl/N-ethyl adjacent to an activating group) is 1. The zero-order valence-corrected chi connectivity index (χ0v) is 17.1. The molecule has 150 valence electrons. The molecule has 0 radical (unpaired) electrons. The van der Waals surface area contributed by atoms with Gasteiger partial charge in [-0.1, -0.05) is 30.3 Å². The Hall–Kier alpha value is -2.54. The number of hydrogen-bond acceptors (Lipinski definition) is 4. The maximum Gasteiger partial charge on any atom is 0.255 e. The van der Waals surface area contributed by atoms with Crippen molar-refractivity contribution < 1.29 is 18.7 Å². The van der Waals surface area contributed by atoms with Crippen molar-refractivity contribution in [1.29, 1.82) is 0 Å². The predicted molar refractivity (Wildman–Crippen MR) is 110 cm³/mol. The number of carbonyl (C=O) groups excluding carboxylic acids is 2. The summed E-state index contributed by atoms with van der Waals surface area (Å²) in [7, 11) is 3.10. The number of carbonyl (C=O) groups is 2. The van der Waals surface area contributed by atoms with Crippen LogP contribution in [0.1, 0.15) is 22.3 Å². The maximum absolute atomic E-state index is 13.9. The quantitative estimate of drug-likeness (QED) is 0.696. The van der Waals surface area contributed by atoms with E-state index in [1.807, 2.05) is 6.26 Å². The second-order valence-electron chi connectivity index (χ2n) is 6.29. The van der Waals surface area contributed by atoms with Crippen LogP contribution in [0.2, 0.25) is 0 Å². The van der Waals surface area contributed by atoms with Gasteiger partial charge in [0.2, 0.25) is 5.91 Å². The highest BCUT2D eigenvalue weighted by molar-refractivity contribution is 7.98. The van der Waals surface area contributed by atoms with E-state index in [1.165, 1.54) is 18.1 Å². The highest BCUT2D eigenvalue weighted by Gasteiger charge is 2.25. The van der Waals surface area contributed by atoms with Crippen LogP contribution in [0.5, 0.6) is 5.75 Å². The molecule has 2 amide bonds. The molecule has 0 bridgehead atoms. The lowest BCUT2D eigenvalue weighted by Gasteiger charge is -2.25. The van der Waals surface area contributed by atoms with Crippen molar-refractivity contribution >= 4 is 23.6 Å². The van der Waals surface area contributed by atoms with Crippen LogP contribution in [-0.4, -0.2) is 48.9 Å². The fourth-order valence-corrected chi connectivity index (χ4v) is 3.26. The number of halogens is 1. The van der Waals surface area contributed by atoms with Crippen molar-refractivity contribution in [3.63, 3.8) is 0 Å². The van der Waals surface area contributed by atoms with Crippen molar-refractivity contribution in [3.8, 4) is 5.75 Å². The minimum absolute atomic E-state index is 0.131. The van der Waals surface area contributed by atoms with Crippen molar-refractivity contribution in [1.82, 2.24) is 10.2 Å². The second kappa shape index (κ2) is 10.7. The van der Waals surface area contributed by atoms with Gasteiger partial charge in [0.25, 0.3) is 5.91 Å². The Morgan fingerprint density at radius 1 is 1.18 bits per heavy atom. The Balaban J connectivity index is 2.14. The fraction of sp³-hybridized carbons (Fsp3) is 0.333. The maximum atomic E-state index is 13.9. The molecule has 0 aromatic heterocycles. The minimum atomic E-state index is -0.707. The van der Waals surface area contributed by atoms with Gasteiger partial charge in [0.1, 0.15) is 17.6 Å². The molecule has 5 nitrogen and oxygen atoms in total. The number of ether oxygens (including phenoxy) is 1. The van der Waals surface area contributed by atoms with Crippen molar-refractivity contribution in [3.05, 3.63) is 65.5 Å². The third-order valence-electron chi connectivity index (χ3n) is 4.31. The van der Waals surface area contributed by atoms with Gasteiger partial charge in [-0.25, -0.2) is 4.39 Å². The van der Waals surface area contributed by atoms with E-state index in [4.69, 9.17) is 4.74 Å². The average Bonchev–Trinajstić information content (AvgIpc) is 2.71. The third kappa shape index (κ3) is 5.73. The smallest absolute Gasteiger partial charge is 0.255 e. The summed E-state index contributed by atoms with van der Waals surface area (Å²) >= 11 is 1.59. The first-order valence-corrected chi connectivity index (χ1v) is 10.3. The second-order valence-corrected chi connectivity index (χ2v) is 7.28. The molecule has 2 aromatic rings. The van der Waals surface area contributed by atoms with Crippen LogP contribution in [0, 0.1) is 5.82 Å². The normalized spacial score (nSPS) is 11.6. The molecular formula is C21H25FN2O3S. The number of methoxy groups -OCH3 is 1. The van der Waals surface area contributed by atoms with Gasteiger partial charge in [-0.3, -0.25) is 9.59 Å². The van der Waals surface area contributed by atoms with Crippen LogP contribution >= 0.6 is 11.8 Å². The van der Waals surface area contributed by atoms with Gasteiger partial charge in [0, 0.05) is 19.2 Å². The van der Waals surface area contributed by atoms with Gasteiger partial charge in [-0.15, -0.1) is 0 Å². The lowest BCUT2D eigenvalue weighted by atomic mass is 10.1. The molecule has 0 fully saturated rings. The zero-order chi connectivity index (χ0) is 20.5. The van der Waals surface area contributed by atoms with Crippen molar-refractivity contribution in [2.75, 3.05) is 26.2 Å². The topological polar surface area (TPSA) is 58.6 Å². The van der Waals surface area contributed by atoms with Crippen LogP contribution in [0.3, 0.4) is 0 Å². The first-order valence-electron chi connectivity index (χ1n) is 8.89. The number of nitrogens with one attached hydrogen (secondary N) is 1. The van der Waals surface area contributed by atoms with E-state index < -0.39 is 6.04 Å². The molecular weight excluding hydrogens is 379 g/mol. The Morgan fingerprint density at radius 3 is 2.54 bits per heavy atom. The van der Waals surface area contributed by atoms with E-state index in [1.54, 1.807) is 61.3 Å². The number of hydrogen-bond donors (Lipinski definition) is 1.